The molecule has 2 heterocycles. The molecule has 13 heteroatoms. The Morgan fingerprint density at radius 3 is 2.59 bits per heavy atom. The normalized spacial score (nSPS) is 25.0. The molecule has 1 aromatic carbocycles. The summed E-state index contributed by atoms with van der Waals surface area (Å²) in [5.41, 5.74) is 3.78. The lowest BCUT2D eigenvalue weighted by Crippen LogP contribution is -2.58. The van der Waals surface area contributed by atoms with Gasteiger partial charge in [0.05, 0.1) is 27.1 Å². The van der Waals surface area contributed by atoms with E-state index in [2.05, 4.69) is 0 Å². The molecule has 1 aromatic rings. The Balaban J connectivity index is 1.56. The maximum absolute atomic E-state index is 12.0. The Morgan fingerprint density at radius 1 is 1.31 bits per heavy atom. The highest BCUT2D eigenvalue weighted by Gasteiger charge is 2.61. The molecule has 0 aliphatic carbocycles. The highest BCUT2D eigenvalue weighted by molar-refractivity contribution is 8.01. The number of phenols is 2. The summed E-state index contributed by atoms with van der Waals surface area (Å²) < 4.78 is 3.96. The van der Waals surface area contributed by atoms with Crippen molar-refractivity contribution < 1.29 is 39.2 Å². The molecule has 3 rings (SSSR count). The van der Waals surface area contributed by atoms with E-state index in [1.54, 1.807) is 6.92 Å². The third-order valence-electron chi connectivity index (χ3n) is 4.52. The average molecular weight is 446 g/mol. The van der Waals surface area contributed by atoms with Crippen molar-refractivity contribution in [3.8, 4) is 11.5 Å². The number of carboxylic acids is 1. The van der Waals surface area contributed by atoms with E-state index in [0.717, 1.165) is 12.1 Å². The molecule has 0 bridgehead atoms. The number of β-lactam (4-membered cyclic amide) rings is 1. The summed E-state index contributed by atoms with van der Waals surface area (Å²) in [5.74, 6) is -3.45. The molecule has 0 aromatic heterocycles. The minimum atomic E-state index is -1.20. The summed E-state index contributed by atoms with van der Waals surface area (Å²) >= 11 is 7.04. The van der Waals surface area contributed by atoms with Gasteiger partial charge in [0, 0.05) is 6.07 Å². The van der Waals surface area contributed by atoms with Crippen molar-refractivity contribution in [2.75, 3.05) is 6.61 Å². The van der Waals surface area contributed by atoms with Crippen LogP contribution in [0.4, 0.5) is 4.79 Å². The molecule has 3 atom stereocenters. The molecule has 2 saturated heterocycles. The van der Waals surface area contributed by atoms with Gasteiger partial charge in [0.25, 0.3) is 5.91 Å². The molecule has 11 nitrogen and oxygen atoms in total. The number of hydrogen-bond acceptors (Lipinski definition) is 8. The van der Waals surface area contributed by atoms with Gasteiger partial charge >= 0.3 is 12.1 Å². The van der Waals surface area contributed by atoms with E-state index in [4.69, 9.17) is 16.3 Å². The number of carbonyl (C=O) groups excluding carboxylic acids is 3. The lowest BCUT2D eigenvalue weighted by Gasteiger charge is -2.36. The van der Waals surface area contributed by atoms with Crippen molar-refractivity contribution >= 4 is 47.2 Å². The van der Waals surface area contributed by atoms with Gasteiger partial charge in [0.15, 0.2) is 11.5 Å². The maximum atomic E-state index is 12.0. The lowest BCUT2D eigenvalue weighted by atomic mass is 9.97. The Labute approximate surface area is 172 Å². The number of rotatable bonds is 4. The molecule has 156 valence electrons. The molecule has 0 spiro atoms. The number of amides is 3. The smallest absolute Gasteiger partial charge is 0.426 e. The zero-order chi connectivity index (χ0) is 21.5. The summed E-state index contributed by atoms with van der Waals surface area (Å²) in [4.78, 5) is 48.5. The van der Waals surface area contributed by atoms with E-state index in [0.29, 0.717) is 0 Å². The number of carboxylic acid groups (broad SMARTS) is 1. The first-order valence-corrected chi connectivity index (χ1v) is 9.45. The molecule has 2 aliphatic rings. The number of halogens is 1. The van der Waals surface area contributed by atoms with E-state index >= 15 is 0 Å². The number of phenolic OH excluding ortho intramolecular Hbond substituents is 2. The summed E-state index contributed by atoms with van der Waals surface area (Å²) in [5, 5.41) is 27.8. The minimum absolute atomic E-state index is 0.165. The molecule has 0 radical (unpaired) electrons. The Hall–Kier alpha value is -2.86. The SMILES string of the molecule is C[C@@]1(COC(=O)NNC(=O)c2cc(O)c(O)cc2Cl)S[C@@H]2CC(=O)N2[C@H]1C(=O)O. The fraction of sp³-hybridized carbons (Fsp3) is 0.375. The third kappa shape index (κ3) is 3.85. The fourth-order valence-corrected chi connectivity index (χ4v) is 5.03. The van der Waals surface area contributed by atoms with Crippen LogP contribution in [-0.2, 0) is 14.3 Å². The van der Waals surface area contributed by atoms with Crippen LogP contribution in [0.2, 0.25) is 5.02 Å². The van der Waals surface area contributed by atoms with Gasteiger partial charge in [0.1, 0.15) is 12.6 Å². The molecule has 0 saturated carbocycles. The molecule has 0 unspecified atom stereocenters. The van der Waals surface area contributed by atoms with E-state index in [-0.39, 0.29) is 34.9 Å². The standard InChI is InChI=1S/C16H16ClN3O8S/c1-16(12(14(25)26)20-10(23)4-11(20)29-16)5-28-15(27)19-18-13(24)6-2-8(21)9(22)3-7(6)17/h2-3,11-12,21-22H,4-5H2,1H3,(H,18,24)(H,19,27)(H,25,26)/t11-,12+,16+/m1/s1. The van der Waals surface area contributed by atoms with E-state index in [1.807, 2.05) is 10.9 Å². The Morgan fingerprint density at radius 2 is 1.97 bits per heavy atom. The van der Waals surface area contributed by atoms with Gasteiger partial charge in [-0.3, -0.25) is 15.0 Å². The number of ether oxygens (including phenoxy) is 1. The second-order valence-electron chi connectivity index (χ2n) is 6.61. The molecule has 29 heavy (non-hydrogen) atoms. The van der Waals surface area contributed by atoms with Crippen LogP contribution in [0.15, 0.2) is 12.1 Å². The van der Waals surface area contributed by atoms with Gasteiger partial charge in [-0.15, -0.1) is 11.8 Å². The number of carbonyl (C=O) groups is 4. The fourth-order valence-electron chi connectivity index (χ4n) is 3.12. The van der Waals surface area contributed by atoms with Crippen molar-refractivity contribution in [2.45, 2.75) is 29.5 Å². The first-order valence-electron chi connectivity index (χ1n) is 8.20. The zero-order valence-corrected chi connectivity index (χ0v) is 16.4. The highest BCUT2D eigenvalue weighted by Crippen LogP contribution is 2.51. The molecule has 2 aliphatic heterocycles. The number of aromatic hydroxyl groups is 2. The first-order chi connectivity index (χ1) is 13.5. The van der Waals surface area contributed by atoms with Gasteiger partial charge in [0.2, 0.25) is 5.91 Å². The number of hydrogen-bond donors (Lipinski definition) is 5. The van der Waals surface area contributed by atoms with Gasteiger partial charge in [-0.2, -0.15) is 0 Å². The van der Waals surface area contributed by atoms with Crippen molar-refractivity contribution in [2.24, 2.45) is 0 Å². The van der Waals surface area contributed by atoms with Crippen LogP contribution in [0.5, 0.6) is 11.5 Å². The monoisotopic (exact) mass is 445 g/mol. The zero-order valence-electron chi connectivity index (χ0n) is 14.8. The number of hydrazine groups is 1. The first kappa shape index (κ1) is 20.9. The summed E-state index contributed by atoms with van der Waals surface area (Å²) in [6, 6.07) is 0.730. The van der Waals surface area contributed by atoms with E-state index in [1.165, 1.54) is 16.7 Å². The maximum Gasteiger partial charge on any atom is 0.426 e. The number of nitrogens with one attached hydrogen (secondary N) is 2. The van der Waals surface area contributed by atoms with Crippen LogP contribution in [0.3, 0.4) is 0 Å². The van der Waals surface area contributed by atoms with Crippen LogP contribution >= 0.6 is 23.4 Å². The lowest BCUT2D eigenvalue weighted by molar-refractivity contribution is -0.157. The van der Waals surface area contributed by atoms with Crippen LogP contribution in [-0.4, -0.2) is 66.9 Å². The summed E-state index contributed by atoms with van der Waals surface area (Å²) in [6.45, 7) is 1.25. The van der Waals surface area contributed by atoms with Gasteiger partial charge in [-0.25, -0.2) is 15.0 Å². The second kappa shape index (κ2) is 7.52. The number of fused-ring (bicyclic) bond motifs is 1. The van der Waals surface area contributed by atoms with Gasteiger partial charge in [-0.1, -0.05) is 11.6 Å². The van der Waals surface area contributed by atoms with Crippen molar-refractivity contribution in [1.82, 2.24) is 15.8 Å². The Bertz CT molecular complexity index is 912. The van der Waals surface area contributed by atoms with Crippen molar-refractivity contribution in [3.05, 3.63) is 22.7 Å². The van der Waals surface area contributed by atoms with Gasteiger partial charge in [-0.05, 0) is 13.0 Å². The molecule has 2 fully saturated rings. The Kier molecular flexibility index (Phi) is 5.41. The minimum Gasteiger partial charge on any atom is -0.504 e. The average Bonchev–Trinajstić information content (AvgIpc) is 2.88. The predicted molar refractivity (Wildman–Crippen MR) is 99.4 cm³/mol. The van der Waals surface area contributed by atoms with Gasteiger partial charge < -0.3 is 25.0 Å². The molecule has 5 N–H and O–H groups in total. The second-order valence-corrected chi connectivity index (χ2v) is 8.73. The van der Waals surface area contributed by atoms with Crippen molar-refractivity contribution in [3.63, 3.8) is 0 Å². The van der Waals surface area contributed by atoms with E-state index < -0.39 is 40.3 Å². The highest BCUT2D eigenvalue weighted by atomic mass is 35.5. The third-order valence-corrected chi connectivity index (χ3v) is 6.38. The van der Waals surface area contributed by atoms with Crippen LogP contribution in [0.1, 0.15) is 23.7 Å². The largest absolute Gasteiger partial charge is 0.504 e. The summed E-state index contributed by atoms with van der Waals surface area (Å²) in [6.07, 6.45) is -0.837. The van der Waals surface area contributed by atoms with Crippen LogP contribution in [0, 0.1) is 0 Å². The molecule has 3 amide bonds. The van der Waals surface area contributed by atoms with Crippen molar-refractivity contribution in [1.29, 1.82) is 0 Å². The summed E-state index contributed by atoms with van der Waals surface area (Å²) in [7, 11) is 0. The number of benzene rings is 1. The topological polar surface area (TPSA) is 166 Å². The predicted octanol–water partition coefficient (Wildman–Crippen LogP) is 0.639. The molecular weight excluding hydrogens is 430 g/mol. The number of thioether (sulfide) groups is 1. The van der Waals surface area contributed by atoms with E-state index in [9.17, 15) is 34.5 Å². The molecular formula is C16H16ClN3O8S. The van der Waals surface area contributed by atoms with Crippen LogP contribution in [0.25, 0.3) is 0 Å². The number of aliphatic carboxylic acids is 1. The quantitative estimate of drug-likeness (QED) is 0.254. The number of nitrogens with zero attached hydrogens (tertiary/aromatic N) is 1. The van der Waals surface area contributed by atoms with Crippen LogP contribution < -0.4 is 10.9 Å².